The highest BCUT2D eigenvalue weighted by molar-refractivity contribution is 7.91. The zero-order valence-corrected chi connectivity index (χ0v) is 22.7. The second kappa shape index (κ2) is 10.4. The Morgan fingerprint density at radius 2 is 1.94 bits per heavy atom. The van der Waals surface area contributed by atoms with Crippen LogP contribution in [0.3, 0.4) is 0 Å². The SMILES string of the molecule is CC(C)c1cccc2sc(N(Cc3cccnc3)C(=O)C3CCN(S(=O)(=O)c4cccs4)CC3)nc12. The van der Waals surface area contributed by atoms with E-state index in [1.165, 1.54) is 27.0 Å². The number of anilines is 1. The predicted octanol–water partition coefficient (Wildman–Crippen LogP) is 5.51. The van der Waals surface area contributed by atoms with E-state index in [-0.39, 0.29) is 11.8 Å². The van der Waals surface area contributed by atoms with Crippen LogP contribution in [-0.4, -0.2) is 41.7 Å². The average molecular weight is 541 g/mol. The molecule has 3 aromatic heterocycles. The van der Waals surface area contributed by atoms with Crippen molar-refractivity contribution in [2.75, 3.05) is 18.0 Å². The van der Waals surface area contributed by atoms with Crippen molar-refractivity contribution in [1.29, 1.82) is 0 Å². The highest BCUT2D eigenvalue weighted by Crippen LogP contribution is 2.36. The first-order valence-corrected chi connectivity index (χ1v) is 15.1. The number of thiophene rings is 1. The lowest BCUT2D eigenvalue weighted by atomic mass is 9.96. The molecule has 7 nitrogen and oxygen atoms in total. The summed E-state index contributed by atoms with van der Waals surface area (Å²) in [5, 5.41) is 2.43. The van der Waals surface area contributed by atoms with Gasteiger partial charge in [-0.25, -0.2) is 13.4 Å². The van der Waals surface area contributed by atoms with Gasteiger partial charge in [0.05, 0.1) is 16.8 Å². The van der Waals surface area contributed by atoms with E-state index in [0.29, 0.717) is 47.7 Å². The molecule has 1 aromatic carbocycles. The molecule has 4 aromatic rings. The lowest BCUT2D eigenvalue weighted by Gasteiger charge is -2.32. The number of carbonyl (C=O) groups excluding carboxylic acids is 1. The van der Waals surface area contributed by atoms with Crippen LogP contribution in [0.4, 0.5) is 5.13 Å². The van der Waals surface area contributed by atoms with E-state index in [1.54, 1.807) is 34.8 Å². The lowest BCUT2D eigenvalue weighted by Crippen LogP contribution is -2.44. The number of rotatable bonds is 7. The van der Waals surface area contributed by atoms with Gasteiger partial charge in [0.15, 0.2) is 5.13 Å². The smallest absolute Gasteiger partial charge is 0.252 e. The number of pyridine rings is 1. The first-order valence-electron chi connectivity index (χ1n) is 12.0. The van der Waals surface area contributed by atoms with Crippen LogP contribution in [0, 0.1) is 5.92 Å². The number of sulfonamides is 1. The van der Waals surface area contributed by atoms with Crippen LogP contribution in [-0.2, 0) is 21.4 Å². The van der Waals surface area contributed by atoms with Gasteiger partial charge in [-0.15, -0.1) is 11.3 Å². The fraction of sp³-hybridized carbons (Fsp3) is 0.346. The normalized spacial score (nSPS) is 15.5. The first-order chi connectivity index (χ1) is 17.3. The first kappa shape index (κ1) is 25.0. The van der Waals surface area contributed by atoms with Crippen LogP contribution >= 0.6 is 22.7 Å². The van der Waals surface area contributed by atoms with Gasteiger partial charge in [0.2, 0.25) is 5.91 Å². The maximum atomic E-state index is 13.9. The minimum Gasteiger partial charge on any atom is -0.283 e. The van der Waals surface area contributed by atoms with Crippen LogP contribution in [0.2, 0.25) is 0 Å². The van der Waals surface area contributed by atoms with Crippen LogP contribution < -0.4 is 4.90 Å². The number of nitrogens with zero attached hydrogens (tertiary/aromatic N) is 4. The van der Waals surface area contributed by atoms with Gasteiger partial charge in [-0.05, 0) is 53.5 Å². The van der Waals surface area contributed by atoms with E-state index >= 15 is 0 Å². The summed E-state index contributed by atoms with van der Waals surface area (Å²) >= 11 is 2.74. The molecular weight excluding hydrogens is 513 g/mol. The molecule has 1 aliphatic heterocycles. The summed E-state index contributed by atoms with van der Waals surface area (Å²) in [5.74, 6) is 0.0333. The molecule has 1 aliphatic rings. The van der Waals surface area contributed by atoms with Gasteiger partial charge in [-0.1, -0.05) is 49.4 Å². The summed E-state index contributed by atoms with van der Waals surface area (Å²) in [7, 11) is -3.51. The topological polar surface area (TPSA) is 83.5 Å². The summed E-state index contributed by atoms with van der Waals surface area (Å²) in [4.78, 5) is 24.8. The molecular formula is C26H28N4O3S3. The second-order valence-electron chi connectivity index (χ2n) is 9.24. The number of hydrogen-bond acceptors (Lipinski definition) is 7. The van der Waals surface area contributed by atoms with Gasteiger partial charge in [0, 0.05) is 31.4 Å². The monoisotopic (exact) mass is 540 g/mol. The number of piperidine rings is 1. The molecule has 0 spiro atoms. The Hall–Kier alpha value is -2.66. The molecule has 0 atom stereocenters. The van der Waals surface area contributed by atoms with Crippen LogP contribution in [0.25, 0.3) is 10.2 Å². The molecule has 1 saturated heterocycles. The number of benzene rings is 1. The maximum absolute atomic E-state index is 13.9. The lowest BCUT2D eigenvalue weighted by molar-refractivity contribution is -0.123. The third-order valence-corrected chi connectivity index (χ3v) is 10.8. The Bertz CT molecular complexity index is 1440. The molecule has 0 unspecified atom stereocenters. The Kier molecular flexibility index (Phi) is 7.21. The Balaban J connectivity index is 1.41. The summed E-state index contributed by atoms with van der Waals surface area (Å²) in [6.45, 7) is 5.31. The van der Waals surface area contributed by atoms with Crippen molar-refractivity contribution in [2.24, 2.45) is 5.92 Å². The van der Waals surface area contributed by atoms with Crippen molar-refractivity contribution in [1.82, 2.24) is 14.3 Å². The number of carbonyl (C=O) groups is 1. The molecule has 1 amide bonds. The van der Waals surface area contributed by atoms with Crippen molar-refractivity contribution in [3.63, 3.8) is 0 Å². The molecule has 4 heterocycles. The highest BCUT2D eigenvalue weighted by atomic mass is 32.2. The summed E-state index contributed by atoms with van der Waals surface area (Å²) < 4.78 is 28.8. The minimum absolute atomic E-state index is 0.0165. The Labute approximate surface area is 219 Å². The maximum Gasteiger partial charge on any atom is 0.252 e. The van der Waals surface area contributed by atoms with Crippen LogP contribution in [0.5, 0.6) is 0 Å². The minimum atomic E-state index is -3.51. The fourth-order valence-electron chi connectivity index (χ4n) is 4.55. The van der Waals surface area contributed by atoms with Gasteiger partial charge in [0.25, 0.3) is 10.0 Å². The number of para-hydroxylation sites is 1. The van der Waals surface area contributed by atoms with Crippen molar-refractivity contribution in [3.8, 4) is 0 Å². The number of thiazole rings is 1. The third kappa shape index (κ3) is 4.95. The number of fused-ring (bicyclic) bond motifs is 1. The van der Waals surface area contributed by atoms with E-state index in [0.717, 1.165) is 21.3 Å². The van der Waals surface area contributed by atoms with E-state index in [9.17, 15) is 13.2 Å². The zero-order valence-electron chi connectivity index (χ0n) is 20.2. The van der Waals surface area contributed by atoms with E-state index < -0.39 is 10.0 Å². The molecule has 0 radical (unpaired) electrons. The number of amides is 1. The fourth-order valence-corrected chi connectivity index (χ4v) is 8.17. The van der Waals surface area contributed by atoms with Crippen molar-refractivity contribution in [3.05, 3.63) is 71.4 Å². The van der Waals surface area contributed by atoms with E-state index in [4.69, 9.17) is 4.98 Å². The quantitative estimate of drug-likeness (QED) is 0.309. The van der Waals surface area contributed by atoms with E-state index in [1.807, 2.05) is 24.3 Å². The van der Waals surface area contributed by atoms with Gasteiger partial charge >= 0.3 is 0 Å². The van der Waals surface area contributed by atoms with Gasteiger partial charge < -0.3 is 0 Å². The predicted molar refractivity (Wildman–Crippen MR) is 145 cm³/mol. The molecule has 1 fully saturated rings. The summed E-state index contributed by atoms with van der Waals surface area (Å²) in [6, 6.07) is 13.4. The van der Waals surface area contributed by atoms with Crippen molar-refractivity contribution >= 4 is 54.0 Å². The zero-order chi connectivity index (χ0) is 25.3. The van der Waals surface area contributed by atoms with E-state index in [2.05, 4.69) is 24.9 Å². The molecule has 36 heavy (non-hydrogen) atoms. The largest absolute Gasteiger partial charge is 0.283 e. The second-order valence-corrected chi connectivity index (χ2v) is 13.4. The molecule has 0 aliphatic carbocycles. The average Bonchev–Trinajstić information content (AvgIpc) is 3.58. The summed E-state index contributed by atoms with van der Waals surface area (Å²) in [5.41, 5.74) is 3.02. The van der Waals surface area contributed by atoms with Crippen LogP contribution in [0.15, 0.2) is 64.4 Å². The van der Waals surface area contributed by atoms with Crippen molar-refractivity contribution in [2.45, 2.75) is 43.4 Å². The number of hydrogen-bond donors (Lipinski definition) is 0. The van der Waals surface area contributed by atoms with Crippen LogP contribution in [0.1, 0.15) is 43.7 Å². The third-order valence-electron chi connectivity index (χ3n) is 6.51. The molecule has 0 saturated carbocycles. The van der Waals surface area contributed by atoms with Gasteiger partial charge in [-0.3, -0.25) is 14.7 Å². The highest BCUT2D eigenvalue weighted by Gasteiger charge is 2.35. The molecule has 188 valence electrons. The van der Waals surface area contributed by atoms with Gasteiger partial charge in [0.1, 0.15) is 4.21 Å². The molecule has 10 heteroatoms. The molecule has 0 bridgehead atoms. The standard InChI is InChI=1S/C26H28N4O3S3/c1-18(2)21-7-3-8-22-24(21)28-26(35-22)30(17-19-6-4-12-27-16-19)25(31)20-10-13-29(14-11-20)36(32,33)23-9-5-15-34-23/h3-9,12,15-16,18,20H,10-11,13-14,17H2,1-2H3. The summed E-state index contributed by atoms with van der Waals surface area (Å²) in [6.07, 6.45) is 4.44. The Morgan fingerprint density at radius 3 is 2.61 bits per heavy atom. The number of aromatic nitrogens is 2. The van der Waals surface area contributed by atoms with Crippen molar-refractivity contribution < 1.29 is 13.2 Å². The van der Waals surface area contributed by atoms with Gasteiger partial charge in [-0.2, -0.15) is 4.31 Å². The Morgan fingerprint density at radius 1 is 1.14 bits per heavy atom. The molecule has 0 N–H and O–H groups in total. The molecule has 5 rings (SSSR count).